The van der Waals surface area contributed by atoms with E-state index in [1.165, 1.54) is 5.56 Å². The fourth-order valence-corrected chi connectivity index (χ4v) is 3.64. The van der Waals surface area contributed by atoms with Crippen molar-refractivity contribution in [1.29, 1.82) is 0 Å². The summed E-state index contributed by atoms with van der Waals surface area (Å²) < 4.78 is 6.79. The van der Waals surface area contributed by atoms with Gasteiger partial charge in [0.15, 0.2) is 0 Å². The first kappa shape index (κ1) is 14.2. The average Bonchev–Trinajstić information content (AvgIpc) is 2.87. The van der Waals surface area contributed by atoms with Gasteiger partial charge in [0.2, 0.25) is 0 Å². The van der Waals surface area contributed by atoms with Crippen LogP contribution >= 0.6 is 39.1 Å². The van der Waals surface area contributed by atoms with Crippen molar-refractivity contribution in [3.8, 4) is 5.75 Å². The van der Waals surface area contributed by atoms with E-state index in [-0.39, 0.29) is 5.38 Å². The Morgan fingerprint density at radius 2 is 2.00 bits per heavy atom. The molecule has 0 N–H and O–H groups in total. The summed E-state index contributed by atoms with van der Waals surface area (Å²) in [5.41, 5.74) is 4.36. The lowest BCUT2D eigenvalue weighted by molar-refractivity contribution is 0.353. The Hall–Kier alpha value is -0.700. The summed E-state index contributed by atoms with van der Waals surface area (Å²) in [6, 6.07) is 9.93. The number of alkyl halides is 1. The third kappa shape index (κ3) is 2.57. The number of hydrogen-bond acceptors (Lipinski definition) is 1. The second kappa shape index (κ2) is 5.59. The molecule has 0 aromatic heterocycles. The van der Waals surface area contributed by atoms with E-state index in [1.807, 2.05) is 31.2 Å². The largest absolute Gasteiger partial charge is 0.493 e. The van der Waals surface area contributed by atoms with E-state index in [0.717, 1.165) is 39.9 Å². The van der Waals surface area contributed by atoms with Gasteiger partial charge < -0.3 is 4.74 Å². The van der Waals surface area contributed by atoms with Crippen LogP contribution in [-0.2, 0) is 6.42 Å². The molecule has 1 unspecified atom stereocenters. The highest BCUT2D eigenvalue weighted by molar-refractivity contribution is 9.10. The van der Waals surface area contributed by atoms with Gasteiger partial charge in [-0.25, -0.2) is 0 Å². The quantitative estimate of drug-likeness (QED) is 0.617. The van der Waals surface area contributed by atoms with Gasteiger partial charge in [-0.1, -0.05) is 33.6 Å². The minimum atomic E-state index is -0.266. The molecule has 20 heavy (non-hydrogen) atoms. The van der Waals surface area contributed by atoms with Gasteiger partial charge >= 0.3 is 0 Å². The molecule has 0 spiro atoms. The van der Waals surface area contributed by atoms with Crippen molar-refractivity contribution in [2.45, 2.75) is 18.7 Å². The van der Waals surface area contributed by atoms with E-state index < -0.39 is 0 Å². The maximum atomic E-state index is 6.71. The van der Waals surface area contributed by atoms with Crippen molar-refractivity contribution in [3.63, 3.8) is 0 Å². The highest BCUT2D eigenvalue weighted by Crippen LogP contribution is 2.42. The maximum absolute atomic E-state index is 6.71. The summed E-state index contributed by atoms with van der Waals surface area (Å²) >= 11 is 16.4. The normalized spacial score (nSPS) is 14.8. The van der Waals surface area contributed by atoms with E-state index >= 15 is 0 Å². The highest BCUT2D eigenvalue weighted by atomic mass is 79.9. The zero-order valence-corrected chi connectivity index (χ0v) is 14.0. The third-order valence-corrected chi connectivity index (χ3v) is 4.73. The predicted molar refractivity (Wildman–Crippen MR) is 87.2 cm³/mol. The first-order chi connectivity index (χ1) is 9.56. The lowest BCUT2D eigenvalue weighted by Crippen LogP contribution is -1.99. The number of rotatable bonds is 2. The van der Waals surface area contributed by atoms with Crippen molar-refractivity contribution in [1.82, 2.24) is 0 Å². The summed E-state index contributed by atoms with van der Waals surface area (Å²) in [6.45, 7) is 2.76. The van der Waals surface area contributed by atoms with Gasteiger partial charge in [-0.15, -0.1) is 11.6 Å². The summed E-state index contributed by atoms with van der Waals surface area (Å²) in [7, 11) is 0. The van der Waals surface area contributed by atoms with Crippen LogP contribution in [0.25, 0.3) is 0 Å². The second-order valence-corrected chi connectivity index (χ2v) is 6.73. The molecule has 0 saturated heterocycles. The van der Waals surface area contributed by atoms with Gasteiger partial charge in [0.1, 0.15) is 5.75 Å². The van der Waals surface area contributed by atoms with E-state index in [9.17, 15) is 0 Å². The van der Waals surface area contributed by atoms with Crippen LogP contribution < -0.4 is 4.74 Å². The first-order valence-electron chi connectivity index (χ1n) is 6.41. The van der Waals surface area contributed by atoms with Gasteiger partial charge in [-0.05, 0) is 47.9 Å². The van der Waals surface area contributed by atoms with Gasteiger partial charge in [-0.3, -0.25) is 0 Å². The molecule has 4 heteroatoms. The van der Waals surface area contributed by atoms with Crippen molar-refractivity contribution in [2.24, 2.45) is 0 Å². The highest BCUT2D eigenvalue weighted by Gasteiger charge is 2.24. The van der Waals surface area contributed by atoms with E-state index in [4.69, 9.17) is 27.9 Å². The third-order valence-electron chi connectivity index (χ3n) is 3.56. The van der Waals surface area contributed by atoms with E-state index in [2.05, 4.69) is 22.0 Å². The molecule has 104 valence electrons. The number of benzene rings is 2. The number of fused-ring (bicyclic) bond motifs is 1. The van der Waals surface area contributed by atoms with Crippen LogP contribution in [-0.4, -0.2) is 6.61 Å². The molecule has 0 aliphatic carbocycles. The molecule has 1 aliphatic heterocycles. The van der Waals surface area contributed by atoms with Crippen LogP contribution in [0.15, 0.2) is 34.8 Å². The molecule has 1 atom stereocenters. The molecule has 0 amide bonds. The van der Waals surface area contributed by atoms with E-state index in [0.29, 0.717) is 5.02 Å². The summed E-state index contributed by atoms with van der Waals surface area (Å²) in [5, 5.41) is 0.432. The van der Waals surface area contributed by atoms with Crippen molar-refractivity contribution in [2.75, 3.05) is 6.61 Å². The molecule has 3 rings (SSSR count). The van der Waals surface area contributed by atoms with Gasteiger partial charge in [0, 0.05) is 21.5 Å². The van der Waals surface area contributed by atoms with Crippen molar-refractivity contribution in [3.05, 3.63) is 62.1 Å². The monoisotopic (exact) mass is 370 g/mol. The second-order valence-electron chi connectivity index (χ2n) is 4.95. The Balaban J connectivity index is 2.11. The molecule has 0 radical (unpaired) electrons. The van der Waals surface area contributed by atoms with Crippen molar-refractivity contribution >= 4 is 39.1 Å². The fourth-order valence-electron chi connectivity index (χ4n) is 2.54. The number of halogens is 3. The van der Waals surface area contributed by atoms with Crippen LogP contribution in [0.4, 0.5) is 0 Å². The predicted octanol–water partition coefficient (Wildman–Crippen LogP) is 5.67. The molecule has 2 aromatic carbocycles. The topological polar surface area (TPSA) is 9.23 Å². The number of aryl methyl sites for hydroxylation is 1. The maximum Gasteiger partial charge on any atom is 0.127 e. The summed E-state index contributed by atoms with van der Waals surface area (Å²) in [5.74, 6) is 0.924. The van der Waals surface area contributed by atoms with Gasteiger partial charge in [-0.2, -0.15) is 0 Å². The zero-order chi connectivity index (χ0) is 14.3. The van der Waals surface area contributed by atoms with Crippen LogP contribution in [0.1, 0.15) is 27.6 Å². The molecule has 1 heterocycles. The standard InChI is InChI=1S/C16H13BrCl2O/c1-9-2-3-12(18)8-13(9)15(19)14-7-11(17)6-10-4-5-20-16(10)14/h2-3,6-8,15H,4-5H2,1H3. The molecular weight excluding hydrogens is 359 g/mol. The molecule has 1 nitrogen and oxygen atoms in total. The van der Waals surface area contributed by atoms with Crippen LogP contribution in [0.2, 0.25) is 5.02 Å². The lowest BCUT2D eigenvalue weighted by atomic mass is 9.97. The van der Waals surface area contributed by atoms with Crippen LogP contribution in [0.3, 0.4) is 0 Å². The van der Waals surface area contributed by atoms with Crippen molar-refractivity contribution < 1.29 is 4.74 Å². The molecule has 0 bridgehead atoms. The zero-order valence-electron chi connectivity index (χ0n) is 10.9. The van der Waals surface area contributed by atoms with Crippen LogP contribution in [0.5, 0.6) is 5.75 Å². The minimum absolute atomic E-state index is 0.266. The van der Waals surface area contributed by atoms with Gasteiger partial charge in [0.25, 0.3) is 0 Å². The molecule has 1 aliphatic rings. The Morgan fingerprint density at radius 1 is 1.20 bits per heavy atom. The smallest absolute Gasteiger partial charge is 0.127 e. The first-order valence-corrected chi connectivity index (χ1v) is 8.02. The molecule has 2 aromatic rings. The lowest BCUT2D eigenvalue weighted by Gasteiger charge is -2.17. The number of hydrogen-bond donors (Lipinski definition) is 0. The average molecular weight is 372 g/mol. The molecule has 0 saturated carbocycles. The Kier molecular flexibility index (Phi) is 3.98. The SMILES string of the molecule is Cc1ccc(Cl)cc1C(Cl)c1cc(Br)cc2c1OCC2. The molecule has 0 fully saturated rings. The van der Waals surface area contributed by atoms with Crippen LogP contribution in [0, 0.1) is 6.92 Å². The van der Waals surface area contributed by atoms with E-state index in [1.54, 1.807) is 0 Å². The Morgan fingerprint density at radius 3 is 2.80 bits per heavy atom. The Labute approximate surface area is 137 Å². The summed E-state index contributed by atoms with van der Waals surface area (Å²) in [6.07, 6.45) is 0.930. The Bertz CT molecular complexity index is 670. The molecular formula is C16H13BrCl2O. The minimum Gasteiger partial charge on any atom is -0.493 e. The fraction of sp³-hybridized carbons (Fsp3) is 0.250. The van der Waals surface area contributed by atoms with Gasteiger partial charge in [0.05, 0.1) is 12.0 Å². The summed E-state index contributed by atoms with van der Waals surface area (Å²) in [4.78, 5) is 0. The number of ether oxygens (including phenoxy) is 1.